The summed E-state index contributed by atoms with van der Waals surface area (Å²) < 4.78 is 6.33. The Morgan fingerprint density at radius 3 is 2.84 bits per heavy atom. The highest BCUT2D eigenvalue weighted by atomic mass is 79.9. The molecule has 3 rings (SSSR count). The van der Waals surface area contributed by atoms with Crippen LogP contribution < -0.4 is 5.73 Å². The molecule has 0 atom stereocenters. The van der Waals surface area contributed by atoms with E-state index in [4.69, 9.17) is 21.9 Å². The molecule has 6 heteroatoms. The molecule has 0 aliphatic carbocycles. The molecule has 0 aliphatic rings. The first-order valence-corrected chi connectivity index (χ1v) is 7.46. The number of hydrogen-bond donors (Lipinski definition) is 1. The van der Waals surface area contributed by atoms with Crippen LogP contribution in [0.5, 0.6) is 0 Å². The van der Waals surface area contributed by atoms with Gasteiger partial charge in [0.2, 0.25) is 0 Å². The number of anilines is 1. The lowest BCUT2D eigenvalue weighted by Crippen LogP contribution is -1.88. The molecule has 3 aromatic rings. The minimum absolute atomic E-state index is 0.359. The molecule has 3 nitrogen and oxygen atoms in total. The molecule has 96 valence electrons. The first kappa shape index (κ1) is 12.7. The Morgan fingerprint density at radius 2 is 2.16 bits per heavy atom. The number of nitrogens with two attached hydrogens (primary N) is 1. The van der Waals surface area contributed by atoms with Crippen molar-refractivity contribution in [2.45, 2.75) is 0 Å². The van der Waals surface area contributed by atoms with Crippen molar-refractivity contribution in [3.05, 3.63) is 45.2 Å². The second-order valence-electron chi connectivity index (χ2n) is 3.88. The van der Waals surface area contributed by atoms with Crippen LogP contribution in [0.2, 0.25) is 5.02 Å². The van der Waals surface area contributed by atoms with Gasteiger partial charge in [-0.05, 0) is 45.1 Å². The van der Waals surface area contributed by atoms with Crippen LogP contribution in [-0.4, -0.2) is 5.16 Å². The second kappa shape index (κ2) is 5.00. The summed E-state index contributed by atoms with van der Waals surface area (Å²) in [6.45, 7) is 0. The first-order valence-electron chi connectivity index (χ1n) is 5.41. The van der Waals surface area contributed by atoms with Crippen molar-refractivity contribution in [1.82, 2.24) is 5.16 Å². The van der Waals surface area contributed by atoms with E-state index in [1.165, 1.54) is 0 Å². The lowest BCUT2D eigenvalue weighted by molar-refractivity contribution is 0.437. The summed E-state index contributed by atoms with van der Waals surface area (Å²) in [7, 11) is 0. The number of benzene rings is 1. The predicted octanol–water partition coefficient (Wildman–Crippen LogP) is 5.07. The number of thiophene rings is 1. The maximum absolute atomic E-state index is 6.02. The molecule has 0 amide bonds. The Balaban J connectivity index is 2.22. The van der Waals surface area contributed by atoms with E-state index in [2.05, 4.69) is 21.1 Å². The van der Waals surface area contributed by atoms with Crippen LogP contribution in [0.15, 0.2) is 44.7 Å². The van der Waals surface area contributed by atoms with Gasteiger partial charge in [0.25, 0.3) is 0 Å². The summed E-state index contributed by atoms with van der Waals surface area (Å²) in [6, 6.07) is 9.42. The van der Waals surface area contributed by atoms with Crippen LogP contribution in [0, 0.1) is 0 Å². The SMILES string of the molecule is Nc1noc(-c2sccc2Br)c1-c1cccc(Cl)c1. The largest absolute Gasteiger partial charge is 0.380 e. The summed E-state index contributed by atoms with van der Waals surface area (Å²) in [4.78, 5) is 0.958. The Labute approximate surface area is 127 Å². The Kier molecular flexibility index (Phi) is 3.35. The number of hydrogen-bond acceptors (Lipinski definition) is 4. The van der Waals surface area contributed by atoms with Gasteiger partial charge in [0, 0.05) is 9.50 Å². The topological polar surface area (TPSA) is 52.0 Å². The molecule has 0 fully saturated rings. The van der Waals surface area contributed by atoms with E-state index in [1.54, 1.807) is 11.3 Å². The highest BCUT2D eigenvalue weighted by molar-refractivity contribution is 9.10. The number of halogens is 2. The molecule has 2 N–H and O–H groups in total. The van der Waals surface area contributed by atoms with Crippen molar-refractivity contribution in [2.75, 3.05) is 5.73 Å². The van der Waals surface area contributed by atoms with Gasteiger partial charge in [-0.2, -0.15) is 0 Å². The summed E-state index contributed by atoms with van der Waals surface area (Å²) in [5.74, 6) is 1.01. The van der Waals surface area contributed by atoms with Gasteiger partial charge in [-0.3, -0.25) is 0 Å². The third-order valence-electron chi connectivity index (χ3n) is 2.66. The summed E-state index contributed by atoms with van der Waals surface area (Å²) >= 11 is 11.1. The van der Waals surface area contributed by atoms with Crippen molar-refractivity contribution < 1.29 is 4.52 Å². The van der Waals surface area contributed by atoms with E-state index in [0.717, 1.165) is 20.5 Å². The average molecular weight is 356 g/mol. The van der Waals surface area contributed by atoms with E-state index in [1.807, 2.05) is 35.7 Å². The lowest BCUT2D eigenvalue weighted by Gasteiger charge is -2.02. The zero-order valence-electron chi connectivity index (χ0n) is 9.56. The number of aromatic nitrogens is 1. The summed E-state index contributed by atoms with van der Waals surface area (Å²) in [5, 5.41) is 6.48. The van der Waals surface area contributed by atoms with Gasteiger partial charge in [-0.25, -0.2) is 0 Å². The molecular weight excluding hydrogens is 348 g/mol. The zero-order valence-corrected chi connectivity index (χ0v) is 12.7. The van der Waals surface area contributed by atoms with Crippen molar-refractivity contribution in [3.63, 3.8) is 0 Å². The molecular formula is C13H8BrClN2OS. The van der Waals surface area contributed by atoms with Gasteiger partial charge in [0.05, 0.1) is 10.4 Å². The molecule has 2 heterocycles. The van der Waals surface area contributed by atoms with E-state index in [9.17, 15) is 0 Å². The van der Waals surface area contributed by atoms with Gasteiger partial charge in [-0.15, -0.1) is 11.3 Å². The molecule has 0 unspecified atom stereocenters. The Morgan fingerprint density at radius 1 is 1.32 bits per heavy atom. The van der Waals surface area contributed by atoms with Crippen LogP contribution in [0.3, 0.4) is 0 Å². The van der Waals surface area contributed by atoms with Crippen molar-refractivity contribution in [2.24, 2.45) is 0 Å². The molecule has 0 aliphatic heterocycles. The van der Waals surface area contributed by atoms with Crippen LogP contribution in [0.25, 0.3) is 21.8 Å². The van der Waals surface area contributed by atoms with Crippen molar-refractivity contribution in [1.29, 1.82) is 0 Å². The van der Waals surface area contributed by atoms with Crippen molar-refractivity contribution >= 4 is 44.7 Å². The van der Waals surface area contributed by atoms with E-state index in [-0.39, 0.29) is 0 Å². The minimum Gasteiger partial charge on any atom is -0.380 e. The van der Waals surface area contributed by atoms with Crippen LogP contribution in [0.4, 0.5) is 5.82 Å². The quantitative estimate of drug-likeness (QED) is 0.698. The fourth-order valence-corrected chi connectivity index (χ4v) is 3.56. The Hall–Kier alpha value is -1.30. The zero-order chi connectivity index (χ0) is 13.4. The van der Waals surface area contributed by atoms with E-state index in [0.29, 0.717) is 16.6 Å². The average Bonchev–Trinajstić information content (AvgIpc) is 2.95. The number of nitrogens with zero attached hydrogens (tertiary/aromatic N) is 1. The fourth-order valence-electron chi connectivity index (χ4n) is 1.84. The highest BCUT2D eigenvalue weighted by Crippen LogP contribution is 2.42. The molecule has 0 spiro atoms. The predicted molar refractivity (Wildman–Crippen MR) is 82.4 cm³/mol. The normalized spacial score (nSPS) is 10.8. The fraction of sp³-hybridized carbons (Fsp3) is 0. The number of rotatable bonds is 2. The van der Waals surface area contributed by atoms with Crippen LogP contribution >= 0.6 is 38.9 Å². The van der Waals surface area contributed by atoms with Gasteiger partial charge in [0.1, 0.15) is 0 Å². The molecule has 1 aromatic carbocycles. The van der Waals surface area contributed by atoms with Crippen molar-refractivity contribution in [3.8, 4) is 21.8 Å². The minimum atomic E-state index is 0.359. The first-order chi connectivity index (χ1) is 9.16. The molecule has 0 saturated heterocycles. The maximum atomic E-state index is 6.02. The highest BCUT2D eigenvalue weighted by Gasteiger charge is 2.20. The van der Waals surface area contributed by atoms with Gasteiger partial charge >= 0.3 is 0 Å². The molecule has 0 bridgehead atoms. The molecule has 2 aromatic heterocycles. The van der Waals surface area contributed by atoms with Gasteiger partial charge < -0.3 is 10.3 Å². The third kappa shape index (κ3) is 2.29. The summed E-state index contributed by atoms with van der Waals surface area (Å²) in [5.41, 5.74) is 7.58. The van der Waals surface area contributed by atoms with Gasteiger partial charge in [0.15, 0.2) is 11.6 Å². The number of nitrogen functional groups attached to an aromatic ring is 1. The van der Waals surface area contributed by atoms with Crippen LogP contribution in [-0.2, 0) is 0 Å². The van der Waals surface area contributed by atoms with Gasteiger partial charge in [-0.1, -0.05) is 28.9 Å². The standard InChI is InChI=1S/C13H8BrClN2OS/c14-9-4-5-19-12(9)11-10(13(16)17-18-11)7-2-1-3-8(15)6-7/h1-6H,(H2,16,17). The monoisotopic (exact) mass is 354 g/mol. The summed E-state index contributed by atoms with van der Waals surface area (Å²) in [6.07, 6.45) is 0. The maximum Gasteiger partial charge on any atom is 0.187 e. The van der Waals surface area contributed by atoms with E-state index < -0.39 is 0 Å². The lowest BCUT2D eigenvalue weighted by atomic mass is 10.1. The third-order valence-corrected chi connectivity index (χ3v) is 4.73. The molecule has 19 heavy (non-hydrogen) atoms. The Bertz CT molecular complexity index is 738. The van der Waals surface area contributed by atoms with E-state index >= 15 is 0 Å². The van der Waals surface area contributed by atoms with Crippen LogP contribution in [0.1, 0.15) is 0 Å². The smallest absolute Gasteiger partial charge is 0.187 e. The second-order valence-corrected chi connectivity index (χ2v) is 6.09. The molecule has 0 radical (unpaired) electrons. The molecule has 0 saturated carbocycles.